The van der Waals surface area contributed by atoms with Crippen molar-refractivity contribution in [2.45, 2.75) is 56.5 Å². The van der Waals surface area contributed by atoms with Gasteiger partial charge in [0.15, 0.2) is 5.69 Å². The summed E-state index contributed by atoms with van der Waals surface area (Å²) in [6.45, 7) is 3.04. The van der Waals surface area contributed by atoms with Crippen LogP contribution in [0.4, 0.5) is 13.2 Å². The molecule has 0 amide bonds. The maximum atomic E-state index is 12.7. The van der Waals surface area contributed by atoms with Gasteiger partial charge in [-0.05, 0) is 24.1 Å². The average molecular weight is 428 g/mol. The molecule has 164 valence electrons. The number of aliphatic hydroxyl groups is 4. The molecule has 10 heteroatoms. The minimum atomic E-state index is -4.56. The Morgan fingerprint density at radius 2 is 1.77 bits per heavy atom. The zero-order valence-corrected chi connectivity index (χ0v) is 16.3. The summed E-state index contributed by atoms with van der Waals surface area (Å²) in [5.41, 5.74) is 1.30. The monoisotopic (exact) mass is 428 g/mol. The van der Waals surface area contributed by atoms with Crippen LogP contribution in [0.15, 0.2) is 30.6 Å². The van der Waals surface area contributed by atoms with Crippen LogP contribution in [0.2, 0.25) is 0 Å². The van der Waals surface area contributed by atoms with E-state index in [1.807, 2.05) is 0 Å². The van der Waals surface area contributed by atoms with Gasteiger partial charge < -0.3 is 25.2 Å². The summed E-state index contributed by atoms with van der Waals surface area (Å²) < 4.78 is 43.6. The van der Waals surface area contributed by atoms with Gasteiger partial charge in [-0.1, -0.05) is 19.1 Å². The van der Waals surface area contributed by atoms with Gasteiger partial charge in [-0.25, -0.2) is 4.98 Å². The van der Waals surface area contributed by atoms with Crippen molar-refractivity contribution in [3.05, 3.63) is 47.4 Å². The van der Waals surface area contributed by atoms with Gasteiger partial charge >= 0.3 is 6.18 Å². The molecule has 3 rings (SSSR count). The first-order valence-electron chi connectivity index (χ1n) is 9.35. The average Bonchev–Trinajstić information content (AvgIpc) is 2.71. The highest BCUT2D eigenvalue weighted by Gasteiger charge is 2.45. The van der Waals surface area contributed by atoms with E-state index in [-0.39, 0.29) is 5.69 Å². The smallest absolute Gasteiger partial charge is 0.394 e. The van der Waals surface area contributed by atoms with E-state index in [1.54, 1.807) is 32.0 Å². The standard InChI is InChI=1S/C20H23F3N2O5/c1-9-5-11(13-6-25-15(7-24-13)20(21,22)23)3-4-12(9)10(2)19-18(29)17(28)16(27)14(8-26)30-19/h3-7,10,14,16-19,26-29H,8H2,1-2H3/t10?,14?,16-,17+,18?,19-/m1/s1. The highest BCUT2D eigenvalue weighted by atomic mass is 19.4. The van der Waals surface area contributed by atoms with Crippen LogP contribution in [0.3, 0.4) is 0 Å². The molecule has 1 aliphatic rings. The maximum Gasteiger partial charge on any atom is 0.434 e. The Bertz CT molecular complexity index is 876. The predicted molar refractivity (Wildman–Crippen MR) is 99.4 cm³/mol. The number of benzene rings is 1. The van der Waals surface area contributed by atoms with Crippen LogP contribution in [0, 0.1) is 6.92 Å². The van der Waals surface area contributed by atoms with Gasteiger partial charge in [-0.15, -0.1) is 0 Å². The Kier molecular flexibility index (Phi) is 6.44. The normalized spacial score (nSPS) is 28.4. The number of hydrogen-bond donors (Lipinski definition) is 4. The van der Waals surface area contributed by atoms with Crippen molar-refractivity contribution >= 4 is 0 Å². The number of ether oxygens (including phenoxy) is 1. The van der Waals surface area contributed by atoms with E-state index in [0.29, 0.717) is 11.8 Å². The van der Waals surface area contributed by atoms with Crippen molar-refractivity contribution in [2.24, 2.45) is 0 Å². The minimum Gasteiger partial charge on any atom is -0.394 e. The van der Waals surface area contributed by atoms with Gasteiger partial charge in [0.1, 0.15) is 24.4 Å². The molecular formula is C20H23F3N2O5. The van der Waals surface area contributed by atoms with Crippen LogP contribution in [0.5, 0.6) is 0 Å². The molecule has 1 saturated heterocycles. The Morgan fingerprint density at radius 1 is 1.07 bits per heavy atom. The number of aromatic nitrogens is 2. The molecule has 1 aliphatic heterocycles. The van der Waals surface area contributed by atoms with Crippen LogP contribution in [0.25, 0.3) is 11.3 Å². The number of alkyl halides is 3. The Hall–Kier alpha value is -2.11. The molecule has 0 radical (unpaired) electrons. The first kappa shape index (κ1) is 22.6. The summed E-state index contributed by atoms with van der Waals surface area (Å²) in [6.07, 6.45) is -8.98. The van der Waals surface area contributed by atoms with Crippen molar-refractivity contribution in [1.29, 1.82) is 0 Å². The molecule has 0 aliphatic carbocycles. The van der Waals surface area contributed by atoms with E-state index < -0.39 is 54.9 Å². The number of nitrogens with zero attached hydrogens (tertiary/aromatic N) is 2. The quantitative estimate of drug-likeness (QED) is 0.582. The zero-order valence-electron chi connectivity index (χ0n) is 16.3. The first-order valence-corrected chi connectivity index (χ1v) is 9.35. The lowest BCUT2D eigenvalue weighted by molar-refractivity contribution is -0.233. The fourth-order valence-electron chi connectivity index (χ4n) is 3.69. The molecule has 3 unspecified atom stereocenters. The van der Waals surface area contributed by atoms with Gasteiger partial charge in [-0.2, -0.15) is 13.2 Å². The van der Waals surface area contributed by atoms with Crippen molar-refractivity contribution in [1.82, 2.24) is 9.97 Å². The second-order valence-electron chi connectivity index (χ2n) is 7.44. The Labute approximate surface area is 170 Å². The number of halogens is 3. The summed E-state index contributed by atoms with van der Waals surface area (Å²) in [5, 5.41) is 39.7. The molecule has 1 fully saturated rings. The summed E-state index contributed by atoms with van der Waals surface area (Å²) in [6, 6.07) is 5.13. The van der Waals surface area contributed by atoms with Gasteiger partial charge in [0, 0.05) is 11.5 Å². The first-order chi connectivity index (χ1) is 14.0. The molecule has 0 spiro atoms. The van der Waals surface area contributed by atoms with Crippen LogP contribution < -0.4 is 0 Å². The molecule has 2 heterocycles. The van der Waals surface area contributed by atoms with Crippen LogP contribution in [-0.2, 0) is 10.9 Å². The van der Waals surface area contributed by atoms with Crippen LogP contribution in [-0.4, -0.2) is 67.5 Å². The van der Waals surface area contributed by atoms with E-state index in [1.165, 1.54) is 0 Å². The molecule has 6 atom stereocenters. The van der Waals surface area contributed by atoms with Gasteiger partial charge in [-0.3, -0.25) is 4.98 Å². The molecule has 1 aromatic carbocycles. The molecule has 4 N–H and O–H groups in total. The molecule has 1 aromatic heterocycles. The van der Waals surface area contributed by atoms with E-state index >= 15 is 0 Å². The largest absolute Gasteiger partial charge is 0.434 e. The van der Waals surface area contributed by atoms with Crippen LogP contribution in [0.1, 0.15) is 29.7 Å². The van der Waals surface area contributed by atoms with Crippen molar-refractivity contribution < 1.29 is 38.3 Å². The van der Waals surface area contributed by atoms with E-state index in [2.05, 4.69) is 9.97 Å². The summed E-state index contributed by atoms with van der Waals surface area (Å²) in [4.78, 5) is 7.25. The molecule has 0 saturated carbocycles. The summed E-state index contributed by atoms with van der Waals surface area (Å²) >= 11 is 0. The van der Waals surface area contributed by atoms with Crippen molar-refractivity contribution in [3.8, 4) is 11.3 Å². The summed E-state index contributed by atoms with van der Waals surface area (Å²) in [7, 11) is 0. The van der Waals surface area contributed by atoms with E-state index in [9.17, 15) is 33.6 Å². The van der Waals surface area contributed by atoms with Gasteiger partial charge in [0.25, 0.3) is 0 Å². The summed E-state index contributed by atoms with van der Waals surface area (Å²) in [5.74, 6) is -0.413. The second kappa shape index (κ2) is 8.56. The van der Waals surface area contributed by atoms with Crippen molar-refractivity contribution in [2.75, 3.05) is 6.61 Å². The molecule has 7 nitrogen and oxygen atoms in total. The zero-order chi connectivity index (χ0) is 22.2. The van der Waals surface area contributed by atoms with Gasteiger partial charge in [0.05, 0.1) is 30.8 Å². The number of hydrogen-bond acceptors (Lipinski definition) is 7. The SMILES string of the molecule is Cc1cc(-c2cnc(C(F)(F)F)cn2)ccc1C(C)[C@H]1OC(CO)[C@@H](O)[C@H](O)C1O. The highest BCUT2D eigenvalue weighted by Crippen LogP contribution is 2.34. The lowest BCUT2D eigenvalue weighted by atomic mass is 9.83. The molecule has 2 aromatic rings. The lowest BCUT2D eigenvalue weighted by Crippen LogP contribution is -2.59. The second-order valence-corrected chi connectivity index (χ2v) is 7.44. The maximum absolute atomic E-state index is 12.7. The van der Waals surface area contributed by atoms with Crippen LogP contribution >= 0.6 is 0 Å². The third-order valence-corrected chi connectivity index (χ3v) is 5.42. The fourth-order valence-corrected chi connectivity index (χ4v) is 3.69. The van der Waals surface area contributed by atoms with Gasteiger partial charge in [0.2, 0.25) is 0 Å². The third kappa shape index (κ3) is 4.33. The number of aliphatic hydroxyl groups excluding tert-OH is 4. The minimum absolute atomic E-state index is 0.276. The number of aryl methyl sites for hydroxylation is 1. The molecule has 0 bridgehead atoms. The fraction of sp³-hybridized carbons (Fsp3) is 0.500. The molecule has 30 heavy (non-hydrogen) atoms. The third-order valence-electron chi connectivity index (χ3n) is 5.42. The number of rotatable bonds is 4. The van der Waals surface area contributed by atoms with E-state index in [0.717, 1.165) is 17.3 Å². The lowest BCUT2D eigenvalue weighted by Gasteiger charge is -2.42. The topological polar surface area (TPSA) is 116 Å². The predicted octanol–water partition coefficient (Wildman–Crippen LogP) is 1.42. The Balaban J connectivity index is 1.84. The Morgan fingerprint density at radius 3 is 2.30 bits per heavy atom. The van der Waals surface area contributed by atoms with E-state index in [4.69, 9.17) is 4.74 Å². The van der Waals surface area contributed by atoms with Crippen molar-refractivity contribution in [3.63, 3.8) is 0 Å². The molecular weight excluding hydrogens is 405 g/mol. The highest BCUT2D eigenvalue weighted by molar-refractivity contribution is 5.60.